The predicted octanol–water partition coefficient (Wildman–Crippen LogP) is 40.5. The lowest BCUT2D eigenvalue weighted by Gasteiger charge is -2.20. The van der Waals surface area contributed by atoms with E-state index in [1.54, 1.807) is 12.1 Å². The number of fused-ring (bicyclic) bond motifs is 8. The first-order valence-corrected chi connectivity index (χ1v) is 54.6. The minimum Gasteiger partial charge on any atom is -0.423 e. The average molecular weight is 2340 g/mol. The van der Waals surface area contributed by atoms with Gasteiger partial charge in [0, 0.05) is 13.6 Å². The molecule has 0 bridgehead atoms. The van der Waals surface area contributed by atoms with Gasteiger partial charge in [-0.05, 0) is 263 Å². The number of hydrogen-bond donors (Lipinski definition) is 2. The van der Waals surface area contributed by atoms with E-state index in [9.17, 15) is 0 Å². The fourth-order valence-electron chi connectivity index (χ4n) is 18.4. The molecule has 0 unspecified atom stereocenters. The molecule has 147 heavy (non-hydrogen) atoms. The van der Waals surface area contributed by atoms with Gasteiger partial charge in [-0.3, -0.25) is 0 Å². The summed E-state index contributed by atoms with van der Waals surface area (Å²) in [7, 11) is -1.41. The summed E-state index contributed by atoms with van der Waals surface area (Å²) in [6, 6.07) is 196. The minimum atomic E-state index is -1.41. The minimum absolute atomic E-state index is 0.194. The van der Waals surface area contributed by atoms with Gasteiger partial charge in [0.2, 0.25) is 0 Å². The van der Waals surface area contributed by atoms with Crippen LogP contribution in [-0.2, 0) is 0 Å². The maximum Gasteiger partial charge on any atom is 0.488 e. The zero-order valence-corrected chi connectivity index (χ0v) is 90.3. The van der Waals surface area contributed by atoms with Crippen molar-refractivity contribution in [2.75, 3.05) is 7.77 Å². The molecule has 24 aromatic carbocycles. The van der Waals surface area contributed by atoms with Crippen molar-refractivity contribution in [1.82, 2.24) is 0 Å². The van der Waals surface area contributed by atoms with Crippen LogP contribution in [0.15, 0.2) is 569 Å². The van der Waals surface area contributed by atoms with Crippen molar-refractivity contribution in [2.45, 2.75) is 0 Å². The van der Waals surface area contributed by atoms with Crippen molar-refractivity contribution in [3.8, 4) is 122 Å². The maximum atomic E-state index is 9.08. The van der Waals surface area contributed by atoms with E-state index in [-0.39, 0.29) is 5.34 Å². The summed E-state index contributed by atoms with van der Waals surface area (Å²) in [5.74, 6) is 0. The molecule has 0 amide bonds. The van der Waals surface area contributed by atoms with E-state index in [1.807, 2.05) is 84.9 Å². The molecule has 2 N–H and O–H groups in total. The molecule has 0 radical (unpaired) electrons. The van der Waals surface area contributed by atoms with E-state index < -0.39 is 7.12 Å². The lowest BCUT2D eigenvalue weighted by molar-refractivity contribution is 0.426. The van der Waals surface area contributed by atoms with Crippen LogP contribution in [0.3, 0.4) is 0 Å². The number of benzene rings is 24. The van der Waals surface area contributed by atoms with Crippen LogP contribution in [-0.4, -0.2) is 24.9 Å². The lowest BCUT2D eigenvalue weighted by atomic mass is 9.80. The highest BCUT2D eigenvalue weighted by molar-refractivity contribution is 14.2. The predicted molar refractivity (Wildman–Crippen MR) is 669 cm³/mol. The van der Waals surface area contributed by atoms with Gasteiger partial charge in [-0.15, -0.1) is 23.2 Å². The smallest absolute Gasteiger partial charge is 0.423 e. The monoisotopic (exact) mass is 2330 g/mol. The molecule has 24 aromatic rings. The summed E-state index contributed by atoms with van der Waals surface area (Å²) >= 11 is 20.2. The molecule has 0 fully saturated rings. The van der Waals surface area contributed by atoms with E-state index in [2.05, 4.69) is 570 Å². The Bertz CT molecular complexity index is 8470. The standard InChI is InChI=1S/C42H28.C26H17I.C26H20.C18H13Br.C16H13BO2.C8H8.CH2Cl2.CH2I2/c1-3-12-29(13-4-1)35-24-25-38-37-20-9-10-21-39(37)42(41(40(38)28-35)31-15-5-2-6-16-31)36-19-11-18-33(27-36)34-23-22-30-14-7-8-17-32(30)26-34;27-26-23-14-8-7-13-21(23)22-16-15-20(18-9-3-1-4-10-18)17-24(22)25(26)19-11-5-2-6-12-19;1-3-9-21(10-4-1)15-16-24-13-7-8-14-26(24)25-19-17-23(18-20-25)22-11-5-2-6-12-22;19-18-9-5-4-8-17(18)16-12-10-15(11-13-16)14-6-2-1-3-7-14;18-17(19)16-9-7-13(8-10-16)15-6-5-12-3-1-2-4-14(12)11-15;1-2-8-6-4-3-5-7-8;2*2-1-3/h1-28H;1-17H;1-20H;1-13H;1-11,18-19H;2-7H,1H2;2*1H2. The Hall–Kier alpha value is -14.4. The molecule has 0 aromatic heterocycles. The van der Waals surface area contributed by atoms with E-state index in [1.165, 1.54) is 199 Å². The molecule has 0 aliphatic carbocycles. The fourth-order valence-corrected chi connectivity index (χ4v) is 20.0. The highest BCUT2D eigenvalue weighted by Crippen LogP contribution is 2.48. The van der Waals surface area contributed by atoms with E-state index in [4.69, 9.17) is 33.2 Å². The van der Waals surface area contributed by atoms with Gasteiger partial charge in [-0.25, -0.2) is 0 Å². The van der Waals surface area contributed by atoms with Gasteiger partial charge in [0.25, 0.3) is 0 Å². The van der Waals surface area contributed by atoms with Crippen molar-refractivity contribution >= 4 is 202 Å². The first kappa shape index (κ1) is 104. The Morgan fingerprint density at radius 3 is 0.980 bits per heavy atom. The Morgan fingerprint density at radius 1 is 0.231 bits per heavy atom. The summed E-state index contributed by atoms with van der Waals surface area (Å²) in [5.41, 5.74) is 31.2. The van der Waals surface area contributed by atoms with E-state index >= 15 is 0 Å². The van der Waals surface area contributed by atoms with Crippen molar-refractivity contribution in [1.29, 1.82) is 0 Å². The summed E-state index contributed by atoms with van der Waals surface area (Å²) in [6.07, 6.45) is 6.19. The van der Waals surface area contributed by atoms with Crippen molar-refractivity contribution in [3.63, 3.8) is 0 Å². The average Bonchev–Trinajstić information content (AvgIpc) is 0.733. The third kappa shape index (κ3) is 26.9. The van der Waals surface area contributed by atoms with Crippen molar-refractivity contribution < 1.29 is 10.0 Å². The van der Waals surface area contributed by atoms with Crippen LogP contribution in [0.5, 0.6) is 0 Å². The molecule has 0 aliphatic rings. The number of halogens is 6. The molecule has 9 heteroatoms. The molecular formula is C138H103BBrCl2I3O2. The van der Waals surface area contributed by atoms with Crippen LogP contribution >= 0.6 is 107 Å². The summed E-state index contributed by atoms with van der Waals surface area (Å²) in [6.45, 7) is 3.63. The Morgan fingerprint density at radius 2 is 0.517 bits per heavy atom. The second-order valence-corrected chi connectivity index (χ2v) is 41.9. The van der Waals surface area contributed by atoms with Crippen molar-refractivity contribution in [2.24, 2.45) is 0 Å². The second kappa shape index (κ2) is 53.1. The highest BCUT2D eigenvalue weighted by atomic mass is 127. The van der Waals surface area contributed by atoms with E-state index in [0.29, 0.717) is 5.46 Å². The number of hydrogen-bond acceptors (Lipinski definition) is 2. The van der Waals surface area contributed by atoms with Gasteiger partial charge in [-0.2, -0.15) is 0 Å². The van der Waals surface area contributed by atoms with Gasteiger partial charge < -0.3 is 10.0 Å². The van der Waals surface area contributed by atoms with Gasteiger partial charge >= 0.3 is 7.12 Å². The fraction of sp³-hybridized carbons (Fsp3) is 0.0145. The summed E-state index contributed by atoms with van der Waals surface area (Å²) < 4.78 is 3.63. The van der Waals surface area contributed by atoms with Crippen LogP contribution in [0.4, 0.5) is 0 Å². The van der Waals surface area contributed by atoms with Crippen LogP contribution in [0.25, 0.3) is 205 Å². The lowest BCUT2D eigenvalue weighted by Crippen LogP contribution is -2.29. The molecule has 24 rings (SSSR count). The first-order chi connectivity index (χ1) is 72.4. The van der Waals surface area contributed by atoms with Crippen LogP contribution < -0.4 is 5.46 Å². The third-order valence-corrected chi connectivity index (χ3v) is 27.4. The molecule has 0 atom stereocenters. The van der Waals surface area contributed by atoms with E-state index in [0.717, 1.165) is 15.6 Å². The Balaban J connectivity index is 0.000000125. The number of alkyl halides is 4. The Kier molecular flexibility index (Phi) is 37.5. The molecule has 2 nitrogen and oxygen atoms in total. The van der Waals surface area contributed by atoms with Crippen LogP contribution in [0.1, 0.15) is 16.7 Å². The zero-order chi connectivity index (χ0) is 101. The molecule has 0 spiro atoms. The molecule has 0 aliphatic heterocycles. The van der Waals surface area contributed by atoms with Gasteiger partial charge in [0.05, 0.1) is 7.77 Å². The summed E-state index contributed by atoms with van der Waals surface area (Å²) in [5, 5.41) is 33.6. The van der Waals surface area contributed by atoms with Crippen LogP contribution in [0, 0.1) is 3.57 Å². The maximum absolute atomic E-state index is 9.08. The van der Waals surface area contributed by atoms with Gasteiger partial charge in [0.15, 0.2) is 0 Å². The second-order valence-electron chi connectivity index (χ2n) is 34.7. The molecule has 0 saturated carbocycles. The topological polar surface area (TPSA) is 40.5 Å². The molecule has 0 heterocycles. The summed E-state index contributed by atoms with van der Waals surface area (Å²) in [4.78, 5) is 0. The number of rotatable bonds is 15. The largest absolute Gasteiger partial charge is 0.488 e. The normalized spacial score (nSPS) is 10.6. The quantitative estimate of drug-likeness (QED) is 0.0353. The third-order valence-electron chi connectivity index (χ3n) is 25.6. The highest BCUT2D eigenvalue weighted by Gasteiger charge is 2.21. The van der Waals surface area contributed by atoms with Gasteiger partial charge in [0.1, 0.15) is 0 Å². The molecular weight excluding hydrogens is 2230 g/mol. The zero-order valence-electron chi connectivity index (χ0n) is 80.7. The van der Waals surface area contributed by atoms with Crippen molar-refractivity contribution in [3.05, 3.63) is 589 Å². The molecule has 712 valence electrons. The SMILES string of the molecule is Brc1ccccc1-c1ccc(-c2ccccc2)cc1.C(=Cc1ccccc1-c1ccc(-c2ccccc2)cc1)c1ccccc1.C=Cc1ccccc1.ClCCl.ICI.Ic1c(-c2ccccc2)c2cc(-c3ccccc3)ccc2c2ccccc12.OB(O)c1ccc(-c2ccc3ccccc3c2)cc1.c1ccc(-c2ccc3c(c2)c(-c2ccccc2)c(-c2cccc(-c4ccc5ccccc5c4)c2)c2ccccc23)cc1. The first-order valence-electron chi connectivity index (χ1n) is 48.6. The molecule has 0 saturated heterocycles. The van der Waals surface area contributed by atoms with Gasteiger partial charge in [-0.1, -0.05) is 608 Å². The van der Waals surface area contributed by atoms with Crippen LogP contribution in [0.2, 0.25) is 0 Å². The Labute approximate surface area is 922 Å².